The minimum atomic E-state index is 0.235. The van der Waals surface area contributed by atoms with Crippen molar-refractivity contribution in [3.05, 3.63) is 18.7 Å². The fraction of sp³-hybridized carbons (Fsp3) is 0.500. The van der Waals surface area contributed by atoms with E-state index in [4.69, 9.17) is 5.73 Å². The summed E-state index contributed by atoms with van der Waals surface area (Å²) in [6, 6.07) is 0. The van der Waals surface area contributed by atoms with Crippen LogP contribution in [0, 0.1) is 5.41 Å². The first-order chi connectivity index (χ1) is 9.03. The van der Waals surface area contributed by atoms with Crippen LogP contribution in [0.1, 0.15) is 20.3 Å². The summed E-state index contributed by atoms with van der Waals surface area (Å²) >= 11 is 0. The number of nitrogens with two attached hydrogens (primary N) is 1. The first-order valence-corrected chi connectivity index (χ1v) is 6.28. The molecule has 0 saturated carbocycles. The summed E-state index contributed by atoms with van der Waals surface area (Å²) in [5.74, 6) is 1.38. The Morgan fingerprint density at radius 2 is 2.00 bits per heavy atom. The summed E-state index contributed by atoms with van der Waals surface area (Å²) in [6.07, 6.45) is 6.23. The molecule has 0 aromatic carbocycles. The summed E-state index contributed by atoms with van der Waals surface area (Å²) in [5, 5.41) is 0. The Kier molecular flexibility index (Phi) is 2.62. The van der Waals surface area contributed by atoms with Crippen LogP contribution in [0.2, 0.25) is 0 Å². The van der Waals surface area contributed by atoms with E-state index in [0.717, 1.165) is 19.5 Å². The van der Waals surface area contributed by atoms with E-state index < -0.39 is 0 Å². The maximum atomic E-state index is 5.78. The fourth-order valence-corrected chi connectivity index (χ4v) is 2.29. The lowest BCUT2D eigenvalue weighted by Gasteiger charge is -2.20. The Bertz CT molecular complexity index is 576. The molecular weight excluding hydrogens is 242 g/mol. The van der Waals surface area contributed by atoms with Crippen LogP contribution in [0.5, 0.6) is 0 Å². The smallest absolute Gasteiger partial charge is 0.241 e. The highest BCUT2D eigenvalue weighted by Crippen LogP contribution is 2.31. The van der Waals surface area contributed by atoms with Gasteiger partial charge in [-0.25, -0.2) is 4.98 Å². The van der Waals surface area contributed by atoms with Gasteiger partial charge in [0.25, 0.3) is 0 Å². The van der Waals surface area contributed by atoms with Crippen LogP contribution in [-0.2, 0) is 0 Å². The second kappa shape index (κ2) is 4.18. The van der Waals surface area contributed by atoms with Gasteiger partial charge in [-0.2, -0.15) is 15.0 Å². The molecule has 0 amide bonds. The summed E-state index contributed by atoms with van der Waals surface area (Å²) in [7, 11) is 0. The van der Waals surface area contributed by atoms with Gasteiger partial charge in [-0.1, -0.05) is 13.8 Å². The second-order valence-electron chi connectivity index (χ2n) is 5.60. The van der Waals surface area contributed by atoms with Crippen LogP contribution < -0.4 is 10.6 Å². The van der Waals surface area contributed by atoms with Crippen LogP contribution in [0.4, 0.5) is 11.9 Å². The molecule has 2 N–H and O–H groups in total. The van der Waals surface area contributed by atoms with Crippen LogP contribution in [-0.4, -0.2) is 37.6 Å². The fourth-order valence-electron chi connectivity index (χ4n) is 2.29. The molecule has 0 unspecified atom stereocenters. The van der Waals surface area contributed by atoms with E-state index in [0.29, 0.717) is 11.9 Å². The van der Waals surface area contributed by atoms with Crippen molar-refractivity contribution >= 4 is 11.9 Å². The van der Waals surface area contributed by atoms with Gasteiger partial charge in [-0.05, 0) is 11.8 Å². The van der Waals surface area contributed by atoms with Crippen LogP contribution in [0.15, 0.2) is 18.7 Å². The van der Waals surface area contributed by atoms with Gasteiger partial charge in [0.1, 0.15) is 6.33 Å². The number of nitrogen functional groups attached to an aromatic ring is 1. The van der Waals surface area contributed by atoms with Gasteiger partial charge in [0, 0.05) is 25.5 Å². The van der Waals surface area contributed by atoms with E-state index in [2.05, 4.69) is 38.7 Å². The lowest BCUT2D eigenvalue weighted by atomic mass is 9.93. The van der Waals surface area contributed by atoms with Crippen LogP contribution in [0.25, 0.3) is 5.95 Å². The Labute approximate surface area is 111 Å². The molecule has 19 heavy (non-hydrogen) atoms. The molecular formula is C12H17N7. The maximum Gasteiger partial charge on any atom is 0.241 e. The predicted molar refractivity (Wildman–Crippen MR) is 72.0 cm³/mol. The summed E-state index contributed by atoms with van der Waals surface area (Å²) in [5.41, 5.74) is 6.07. The Balaban J connectivity index is 1.95. The number of rotatable bonds is 2. The quantitative estimate of drug-likeness (QED) is 0.861. The van der Waals surface area contributed by atoms with Gasteiger partial charge in [-0.3, -0.25) is 4.57 Å². The van der Waals surface area contributed by atoms with Crippen molar-refractivity contribution in [1.82, 2.24) is 24.5 Å². The first-order valence-electron chi connectivity index (χ1n) is 6.28. The molecule has 7 nitrogen and oxygen atoms in total. The van der Waals surface area contributed by atoms with E-state index >= 15 is 0 Å². The maximum absolute atomic E-state index is 5.78. The number of hydrogen-bond acceptors (Lipinski definition) is 6. The molecule has 1 aliphatic heterocycles. The van der Waals surface area contributed by atoms with E-state index in [-0.39, 0.29) is 11.4 Å². The topological polar surface area (TPSA) is 85.8 Å². The SMILES string of the molecule is CC1(C)CCN(c2nc(N)nc(-n3ccnc3)n2)C1. The predicted octanol–water partition coefficient (Wildman–Crippen LogP) is 0.876. The van der Waals surface area contributed by atoms with Crippen molar-refractivity contribution < 1.29 is 0 Å². The van der Waals surface area contributed by atoms with E-state index in [9.17, 15) is 0 Å². The monoisotopic (exact) mass is 259 g/mol. The molecule has 1 fully saturated rings. The molecule has 0 radical (unpaired) electrons. The molecule has 7 heteroatoms. The first kappa shape index (κ1) is 11.9. The lowest BCUT2D eigenvalue weighted by Crippen LogP contribution is -2.25. The van der Waals surface area contributed by atoms with E-state index in [1.807, 2.05) is 0 Å². The van der Waals surface area contributed by atoms with Crippen molar-refractivity contribution in [1.29, 1.82) is 0 Å². The zero-order chi connectivity index (χ0) is 13.5. The molecule has 0 aliphatic carbocycles. The van der Waals surface area contributed by atoms with E-state index in [1.165, 1.54) is 0 Å². The van der Waals surface area contributed by atoms with Gasteiger partial charge >= 0.3 is 0 Å². The Morgan fingerprint density at radius 3 is 2.63 bits per heavy atom. The molecule has 100 valence electrons. The minimum Gasteiger partial charge on any atom is -0.368 e. The van der Waals surface area contributed by atoms with Crippen molar-refractivity contribution in [2.45, 2.75) is 20.3 Å². The third-order valence-electron chi connectivity index (χ3n) is 3.32. The standard InChI is InChI=1S/C12H17N7/c1-12(2)3-5-18(7-12)10-15-9(13)16-11(17-10)19-6-4-14-8-19/h4,6,8H,3,5,7H2,1-2H3,(H2,13,15,16,17). The molecule has 0 bridgehead atoms. The number of nitrogens with zero attached hydrogens (tertiary/aromatic N) is 6. The van der Waals surface area contributed by atoms with Crippen molar-refractivity contribution in [3.63, 3.8) is 0 Å². The average Bonchev–Trinajstić information content (AvgIpc) is 2.97. The molecule has 2 aromatic heterocycles. The van der Waals surface area contributed by atoms with Gasteiger partial charge in [0.05, 0.1) is 0 Å². The number of anilines is 2. The van der Waals surface area contributed by atoms with Crippen molar-refractivity contribution in [3.8, 4) is 5.95 Å². The molecule has 0 spiro atoms. The molecule has 1 saturated heterocycles. The van der Waals surface area contributed by atoms with Crippen molar-refractivity contribution in [2.24, 2.45) is 5.41 Å². The molecule has 0 atom stereocenters. The third-order valence-corrected chi connectivity index (χ3v) is 3.32. The summed E-state index contributed by atoms with van der Waals surface area (Å²) in [4.78, 5) is 19.0. The summed E-state index contributed by atoms with van der Waals surface area (Å²) < 4.78 is 1.72. The van der Waals surface area contributed by atoms with Gasteiger partial charge in [0.15, 0.2) is 0 Å². The normalized spacial score (nSPS) is 17.9. The molecule has 2 aromatic rings. The Hall–Kier alpha value is -2.18. The average molecular weight is 259 g/mol. The Morgan fingerprint density at radius 1 is 1.21 bits per heavy atom. The van der Waals surface area contributed by atoms with Crippen LogP contribution in [0.3, 0.4) is 0 Å². The second-order valence-corrected chi connectivity index (χ2v) is 5.60. The number of aromatic nitrogens is 5. The van der Waals surface area contributed by atoms with Crippen molar-refractivity contribution in [2.75, 3.05) is 23.7 Å². The molecule has 3 heterocycles. The molecule has 3 rings (SSSR count). The zero-order valence-electron chi connectivity index (χ0n) is 11.1. The lowest BCUT2D eigenvalue weighted by molar-refractivity contribution is 0.418. The largest absolute Gasteiger partial charge is 0.368 e. The third kappa shape index (κ3) is 2.35. The minimum absolute atomic E-state index is 0.235. The van der Waals surface area contributed by atoms with Gasteiger partial charge in [-0.15, -0.1) is 0 Å². The van der Waals surface area contributed by atoms with Crippen LogP contribution >= 0.6 is 0 Å². The van der Waals surface area contributed by atoms with Gasteiger partial charge < -0.3 is 10.6 Å². The highest BCUT2D eigenvalue weighted by atomic mass is 15.3. The molecule has 1 aliphatic rings. The number of hydrogen-bond donors (Lipinski definition) is 1. The number of imidazole rings is 1. The highest BCUT2D eigenvalue weighted by Gasteiger charge is 2.31. The summed E-state index contributed by atoms with van der Waals surface area (Å²) in [6.45, 7) is 6.36. The zero-order valence-corrected chi connectivity index (χ0v) is 11.1. The van der Waals surface area contributed by atoms with Gasteiger partial charge in [0.2, 0.25) is 17.8 Å². The highest BCUT2D eigenvalue weighted by molar-refractivity contribution is 5.39. The van der Waals surface area contributed by atoms with E-state index in [1.54, 1.807) is 23.3 Å².